The molecule has 108 valence electrons. The molecule has 1 aliphatic carbocycles. The summed E-state index contributed by atoms with van der Waals surface area (Å²) >= 11 is 0. The van der Waals surface area contributed by atoms with Crippen molar-refractivity contribution in [1.29, 1.82) is 0 Å². The summed E-state index contributed by atoms with van der Waals surface area (Å²) in [7, 11) is 0. The Bertz CT molecular complexity index is 636. The Kier molecular flexibility index (Phi) is 3.81. The third-order valence-corrected chi connectivity index (χ3v) is 3.35. The second-order valence-corrected chi connectivity index (χ2v) is 5.00. The van der Waals surface area contributed by atoms with Crippen molar-refractivity contribution in [2.75, 3.05) is 11.9 Å². The van der Waals surface area contributed by atoms with Crippen LogP contribution in [0.5, 0.6) is 5.75 Å². The Morgan fingerprint density at radius 2 is 2.05 bits per heavy atom. The molecule has 5 nitrogen and oxygen atoms in total. The molecule has 1 amide bonds. The van der Waals surface area contributed by atoms with Crippen LogP contribution in [-0.2, 0) is 0 Å². The lowest BCUT2D eigenvalue weighted by molar-refractivity contribution is 0.102. The second kappa shape index (κ2) is 5.91. The third-order valence-electron chi connectivity index (χ3n) is 3.35. The molecule has 1 aromatic heterocycles. The number of rotatable bonds is 5. The Morgan fingerprint density at radius 3 is 2.71 bits per heavy atom. The van der Waals surface area contributed by atoms with Gasteiger partial charge in [-0.2, -0.15) is 5.10 Å². The Labute approximate surface area is 123 Å². The van der Waals surface area contributed by atoms with Gasteiger partial charge in [0.25, 0.3) is 5.91 Å². The SMILES string of the molecule is CCOc1ccccc1NC(=O)c1ccc(C2CC2)nn1. The van der Waals surface area contributed by atoms with E-state index in [1.54, 1.807) is 12.1 Å². The van der Waals surface area contributed by atoms with Crippen LogP contribution in [0.2, 0.25) is 0 Å². The molecule has 1 aliphatic rings. The van der Waals surface area contributed by atoms with Crippen LogP contribution in [0.1, 0.15) is 41.9 Å². The van der Waals surface area contributed by atoms with Gasteiger partial charge in [-0.3, -0.25) is 4.79 Å². The first-order valence-corrected chi connectivity index (χ1v) is 7.14. The number of hydrogen-bond donors (Lipinski definition) is 1. The first kappa shape index (κ1) is 13.5. The second-order valence-electron chi connectivity index (χ2n) is 5.00. The number of nitrogens with zero attached hydrogens (tertiary/aromatic N) is 2. The number of amides is 1. The van der Waals surface area contributed by atoms with E-state index in [9.17, 15) is 4.79 Å². The highest BCUT2D eigenvalue weighted by atomic mass is 16.5. The van der Waals surface area contributed by atoms with Crippen molar-refractivity contribution < 1.29 is 9.53 Å². The van der Waals surface area contributed by atoms with E-state index >= 15 is 0 Å². The van der Waals surface area contributed by atoms with Crippen molar-refractivity contribution in [1.82, 2.24) is 10.2 Å². The molecular formula is C16H17N3O2. The first-order valence-electron chi connectivity index (χ1n) is 7.14. The van der Waals surface area contributed by atoms with Crippen LogP contribution >= 0.6 is 0 Å². The van der Waals surface area contributed by atoms with Gasteiger partial charge < -0.3 is 10.1 Å². The van der Waals surface area contributed by atoms with Crippen LogP contribution in [0.4, 0.5) is 5.69 Å². The van der Waals surface area contributed by atoms with Gasteiger partial charge in [0.05, 0.1) is 18.0 Å². The Balaban J connectivity index is 1.73. The zero-order valence-electron chi connectivity index (χ0n) is 11.9. The van der Waals surface area contributed by atoms with E-state index in [-0.39, 0.29) is 5.91 Å². The zero-order valence-corrected chi connectivity index (χ0v) is 11.9. The van der Waals surface area contributed by atoms with Gasteiger partial charge in [-0.25, -0.2) is 0 Å². The average Bonchev–Trinajstić information content (AvgIpc) is 3.34. The fraction of sp³-hybridized carbons (Fsp3) is 0.312. The van der Waals surface area contributed by atoms with E-state index in [2.05, 4.69) is 15.5 Å². The Hall–Kier alpha value is -2.43. The van der Waals surface area contributed by atoms with Crippen molar-refractivity contribution in [2.24, 2.45) is 0 Å². The maximum absolute atomic E-state index is 12.2. The number of anilines is 1. The molecule has 0 atom stereocenters. The summed E-state index contributed by atoms with van der Waals surface area (Å²) in [5.41, 5.74) is 1.92. The molecule has 21 heavy (non-hydrogen) atoms. The molecule has 1 heterocycles. The number of nitrogens with one attached hydrogen (secondary N) is 1. The summed E-state index contributed by atoms with van der Waals surface area (Å²) < 4.78 is 5.48. The molecule has 3 rings (SSSR count). The van der Waals surface area contributed by atoms with Gasteiger partial charge in [0.1, 0.15) is 5.75 Å². The topological polar surface area (TPSA) is 64.1 Å². The Morgan fingerprint density at radius 1 is 1.24 bits per heavy atom. The first-order chi connectivity index (χ1) is 10.3. The number of aromatic nitrogens is 2. The van der Waals surface area contributed by atoms with E-state index in [1.165, 1.54) is 12.8 Å². The van der Waals surface area contributed by atoms with Crippen molar-refractivity contribution in [3.63, 3.8) is 0 Å². The van der Waals surface area contributed by atoms with Crippen LogP contribution in [0.25, 0.3) is 0 Å². The van der Waals surface area contributed by atoms with Gasteiger partial charge in [-0.05, 0) is 44.0 Å². The molecule has 0 bridgehead atoms. The van der Waals surface area contributed by atoms with Crippen LogP contribution in [0, 0.1) is 0 Å². The molecular weight excluding hydrogens is 266 g/mol. The molecule has 0 spiro atoms. The summed E-state index contributed by atoms with van der Waals surface area (Å²) in [6.07, 6.45) is 2.34. The molecule has 1 N–H and O–H groups in total. The monoisotopic (exact) mass is 283 g/mol. The lowest BCUT2D eigenvalue weighted by Crippen LogP contribution is -2.15. The molecule has 2 aromatic rings. The predicted molar refractivity (Wildman–Crippen MR) is 79.6 cm³/mol. The molecule has 1 saturated carbocycles. The van der Waals surface area contributed by atoms with Crippen molar-refractivity contribution >= 4 is 11.6 Å². The van der Waals surface area contributed by atoms with Crippen LogP contribution in [0.3, 0.4) is 0 Å². The van der Waals surface area contributed by atoms with Crippen LogP contribution < -0.4 is 10.1 Å². The average molecular weight is 283 g/mol. The lowest BCUT2D eigenvalue weighted by Gasteiger charge is -2.10. The van der Waals surface area contributed by atoms with E-state index in [1.807, 2.05) is 31.2 Å². The molecule has 1 aromatic carbocycles. The summed E-state index contributed by atoms with van der Waals surface area (Å²) in [6, 6.07) is 10.9. The van der Waals surface area contributed by atoms with E-state index < -0.39 is 0 Å². The highest BCUT2D eigenvalue weighted by Crippen LogP contribution is 2.38. The summed E-state index contributed by atoms with van der Waals surface area (Å²) in [4.78, 5) is 12.2. The van der Waals surface area contributed by atoms with Crippen molar-refractivity contribution in [2.45, 2.75) is 25.7 Å². The van der Waals surface area contributed by atoms with Crippen molar-refractivity contribution in [3.05, 3.63) is 47.8 Å². The normalized spacial score (nSPS) is 13.8. The highest BCUT2D eigenvalue weighted by molar-refractivity contribution is 6.03. The number of ether oxygens (including phenoxy) is 1. The maximum atomic E-state index is 12.2. The van der Waals surface area contributed by atoms with E-state index in [0.29, 0.717) is 29.7 Å². The van der Waals surface area contributed by atoms with Gasteiger partial charge in [0.2, 0.25) is 0 Å². The summed E-state index contributed by atoms with van der Waals surface area (Å²) in [6.45, 7) is 2.45. The molecule has 0 aliphatic heterocycles. The molecule has 0 unspecified atom stereocenters. The van der Waals surface area contributed by atoms with Gasteiger partial charge in [-0.1, -0.05) is 12.1 Å². The molecule has 0 saturated heterocycles. The number of para-hydroxylation sites is 2. The van der Waals surface area contributed by atoms with Crippen LogP contribution in [0.15, 0.2) is 36.4 Å². The summed E-state index contributed by atoms with van der Waals surface area (Å²) in [5, 5.41) is 10.9. The molecule has 5 heteroatoms. The molecule has 0 radical (unpaired) electrons. The number of carbonyl (C=O) groups is 1. The minimum absolute atomic E-state index is 0.281. The van der Waals surface area contributed by atoms with Crippen molar-refractivity contribution in [3.8, 4) is 5.75 Å². The predicted octanol–water partition coefficient (Wildman–Crippen LogP) is 3.01. The lowest BCUT2D eigenvalue weighted by atomic mass is 10.2. The molecule has 1 fully saturated rings. The standard InChI is InChI=1S/C16H17N3O2/c1-2-21-15-6-4-3-5-13(15)17-16(20)14-10-9-12(18-19-14)11-7-8-11/h3-6,9-11H,2,7-8H2,1H3,(H,17,20). The van der Waals surface area contributed by atoms with Gasteiger partial charge >= 0.3 is 0 Å². The number of benzene rings is 1. The summed E-state index contributed by atoms with van der Waals surface area (Å²) in [5.74, 6) is 0.904. The maximum Gasteiger partial charge on any atom is 0.276 e. The fourth-order valence-electron chi connectivity index (χ4n) is 2.10. The van der Waals surface area contributed by atoms with Gasteiger partial charge in [-0.15, -0.1) is 5.10 Å². The van der Waals surface area contributed by atoms with Gasteiger partial charge in [0, 0.05) is 5.92 Å². The van der Waals surface area contributed by atoms with E-state index in [0.717, 1.165) is 5.69 Å². The third kappa shape index (κ3) is 3.18. The minimum Gasteiger partial charge on any atom is -0.492 e. The quantitative estimate of drug-likeness (QED) is 0.916. The van der Waals surface area contributed by atoms with Gasteiger partial charge in [0.15, 0.2) is 5.69 Å². The zero-order chi connectivity index (χ0) is 14.7. The van der Waals surface area contributed by atoms with E-state index in [4.69, 9.17) is 4.74 Å². The smallest absolute Gasteiger partial charge is 0.276 e. The largest absolute Gasteiger partial charge is 0.492 e. The number of carbonyl (C=O) groups excluding carboxylic acids is 1. The highest BCUT2D eigenvalue weighted by Gasteiger charge is 2.25. The minimum atomic E-state index is -0.281. The fourth-order valence-corrected chi connectivity index (χ4v) is 2.10. The van der Waals surface area contributed by atoms with Crippen LogP contribution in [-0.4, -0.2) is 22.7 Å². The number of hydrogen-bond acceptors (Lipinski definition) is 4.